The quantitative estimate of drug-likeness (QED) is 0.0986. The molecule has 1 unspecified atom stereocenters. The molecule has 1 fully saturated rings. The van der Waals surface area contributed by atoms with Gasteiger partial charge in [0.1, 0.15) is 12.1 Å². The van der Waals surface area contributed by atoms with Crippen molar-refractivity contribution in [2.75, 3.05) is 53.0 Å². The number of likely N-dealkylation sites (N-methyl/N-ethyl adjacent to an activating group) is 2. The lowest BCUT2D eigenvalue weighted by Gasteiger charge is -2.41. The summed E-state index contributed by atoms with van der Waals surface area (Å²) in [6.45, 7) is 14.1. The van der Waals surface area contributed by atoms with E-state index in [1.165, 1.54) is 7.11 Å². The molecule has 15 nitrogen and oxygen atoms in total. The third kappa shape index (κ3) is 13.0. The van der Waals surface area contributed by atoms with Crippen molar-refractivity contribution in [3.05, 3.63) is 66.4 Å². The molecule has 0 radical (unpaired) electrons. The summed E-state index contributed by atoms with van der Waals surface area (Å²) >= 11 is 0. The SMILES string of the molecule is CC[C@H](C)[C@@H]([C@@H](CC(=O)N1CCC[C@H]1[C@H](OC)[C@@H](C)C(=O)N[C@@H](Cc1ccc(N)cc1)C(=O)Nc1cnc2ccccc2c1)OC)N(C)C(=O)[C@@H](NC(=O)C(C(C)C)N(C)C)C(C)C. The minimum atomic E-state index is -0.961. The first-order valence-corrected chi connectivity index (χ1v) is 22.7. The van der Waals surface area contributed by atoms with Crippen LogP contribution in [-0.4, -0.2) is 134 Å². The number of likely N-dealkylation sites (tertiary alicyclic amines) is 1. The van der Waals surface area contributed by atoms with Gasteiger partial charge in [0.25, 0.3) is 0 Å². The van der Waals surface area contributed by atoms with Gasteiger partial charge in [0.05, 0.1) is 60.1 Å². The van der Waals surface area contributed by atoms with E-state index in [1.807, 2.05) is 103 Å². The van der Waals surface area contributed by atoms with Crippen LogP contribution in [0, 0.1) is 23.7 Å². The van der Waals surface area contributed by atoms with Crippen LogP contribution in [0.5, 0.6) is 0 Å². The van der Waals surface area contributed by atoms with Crippen molar-refractivity contribution >= 4 is 51.8 Å². The Bertz CT molecular complexity index is 2020. The predicted molar refractivity (Wildman–Crippen MR) is 252 cm³/mol. The van der Waals surface area contributed by atoms with E-state index < -0.39 is 60.1 Å². The van der Waals surface area contributed by atoms with Crippen molar-refractivity contribution in [1.29, 1.82) is 0 Å². The number of fused-ring (bicyclic) bond motifs is 1. The molecule has 1 aromatic heterocycles. The predicted octanol–water partition coefficient (Wildman–Crippen LogP) is 5.13. The van der Waals surface area contributed by atoms with E-state index in [9.17, 15) is 24.0 Å². The molecule has 0 spiro atoms. The van der Waals surface area contributed by atoms with Crippen molar-refractivity contribution in [2.24, 2.45) is 23.7 Å². The number of carbonyl (C=O) groups is 5. The molecule has 2 heterocycles. The number of pyridine rings is 1. The fourth-order valence-electron chi connectivity index (χ4n) is 9.18. The molecule has 0 saturated carbocycles. The first-order valence-electron chi connectivity index (χ1n) is 22.7. The average molecular weight is 887 g/mol. The van der Waals surface area contributed by atoms with Crippen molar-refractivity contribution in [2.45, 2.75) is 123 Å². The Morgan fingerprint density at radius 2 is 1.55 bits per heavy atom. The number of hydrogen-bond acceptors (Lipinski definition) is 10. The van der Waals surface area contributed by atoms with E-state index in [2.05, 4.69) is 20.9 Å². The first-order chi connectivity index (χ1) is 30.3. The molecule has 352 valence electrons. The number of anilines is 2. The van der Waals surface area contributed by atoms with Crippen LogP contribution in [0.25, 0.3) is 10.9 Å². The van der Waals surface area contributed by atoms with Gasteiger partial charge in [-0.1, -0.05) is 85.2 Å². The number of benzene rings is 2. The number of aromatic nitrogens is 1. The molecule has 9 atom stereocenters. The van der Waals surface area contributed by atoms with E-state index in [4.69, 9.17) is 15.2 Å². The standard InChI is InChI=1S/C49H74N8O7/c1-13-31(6)44(56(10)49(62)42(29(2)3)54-48(61)43(30(4)5)55(8)9)40(63-11)27-41(58)57-24-16-19-39(57)45(64-12)32(7)46(59)53-38(25-33-20-22-35(50)23-21-33)47(60)52-36-26-34-17-14-15-18-37(34)51-28-36/h14-15,17-18,20-23,26,28-32,38-40,42-45H,13,16,19,24-25,27,50H2,1-12H3,(H,52,60)(H,53,59)(H,54,61)/t31-,32+,38-,39-,40+,42-,43?,44-,45+/m0/s1. The Morgan fingerprint density at radius 1 is 0.875 bits per heavy atom. The Balaban J connectivity index is 1.52. The second-order valence-electron chi connectivity index (χ2n) is 18.4. The normalized spacial score (nSPS) is 17.9. The number of methoxy groups -OCH3 is 2. The summed E-state index contributed by atoms with van der Waals surface area (Å²) in [5.41, 5.74) is 8.62. The van der Waals surface area contributed by atoms with Crippen LogP contribution in [-0.2, 0) is 39.9 Å². The monoisotopic (exact) mass is 887 g/mol. The number of nitrogen functional groups attached to an aromatic ring is 1. The Morgan fingerprint density at radius 3 is 2.14 bits per heavy atom. The van der Waals surface area contributed by atoms with Gasteiger partial charge < -0.3 is 41.0 Å². The summed E-state index contributed by atoms with van der Waals surface area (Å²) in [5, 5.41) is 9.84. The number of para-hydroxylation sites is 1. The molecule has 5 amide bonds. The molecule has 1 aliphatic rings. The fourth-order valence-corrected chi connectivity index (χ4v) is 9.18. The van der Waals surface area contributed by atoms with Crippen molar-refractivity contribution in [1.82, 2.24) is 30.3 Å². The number of amides is 5. The minimum absolute atomic E-state index is 0.0150. The molecule has 3 aromatic rings. The van der Waals surface area contributed by atoms with Gasteiger partial charge >= 0.3 is 0 Å². The molecule has 15 heteroatoms. The molecule has 5 N–H and O–H groups in total. The van der Waals surface area contributed by atoms with E-state index in [1.54, 1.807) is 49.2 Å². The maximum Gasteiger partial charge on any atom is 0.247 e. The lowest BCUT2D eigenvalue weighted by Crippen LogP contribution is -2.59. The number of nitrogens with two attached hydrogens (primary N) is 1. The summed E-state index contributed by atoms with van der Waals surface area (Å²) in [7, 11) is 8.51. The molecular weight excluding hydrogens is 813 g/mol. The van der Waals surface area contributed by atoms with E-state index in [0.717, 1.165) is 16.5 Å². The van der Waals surface area contributed by atoms with E-state index >= 15 is 0 Å². The zero-order valence-electron chi connectivity index (χ0n) is 40.1. The van der Waals surface area contributed by atoms with Gasteiger partial charge in [0, 0.05) is 45.3 Å². The van der Waals surface area contributed by atoms with E-state index in [-0.39, 0.29) is 48.3 Å². The number of carbonyl (C=O) groups excluding carboxylic acids is 5. The maximum atomic E-state index is 14.4. The third-order valence-corrected chi connectivity index (χ3v) is 12.9. The number of hydrogen-bond donors (Lipinski definition) is 4. The number of nitrogens with zero attached hydrogens (tertiary/aromatic N) is 4. The van der Waals surface area contributed by atoms with Crippen molar-refractivity contribution in [3.8, 4) is 0 Å². The molecule has 4 rings (SSSR count). The zero-order valence-corrected chi connectivity index (χ0v) is 40.1. The van der Waals surface area contributed by atoms with Gasteiger partial charge in [0.15, 0.2) is 0 Å². The summed E-state index contributed by atoms with van der Waals surface area (Å²) in [6.07, 6.45) is 2.43. The largest absolute Gasteiger partial charge is 0.399 e. The Labute approximate surface area is 380 Å². The van der Waals surface area contributed by atoms with Gasteiger partial charge in [-0.15, -0.1) is 0 Å². The maximum absolute atomic E-state index is 14.4. The molecule has 1 saturated heterocycles. The van der Waals surface area contributed by atoms with Crippen LogP contribution >= 0.6 is 0 Å². The Kier molecular flexibility index (Phi) is 19.1. The number of rotatable bonds is 22. The molecule has 0 aliphatic carbocycles. The smallest absolute Gasteiger partial charge is 0.247 e. The lowest BCUT2D eigenvalue weighted by atomic mass is 9.89. The van der Waals surface area contributed by atoms with E-state index in [0.29, 0.717) is 37.2 Å². The van der Waals surface area contributed by atoms with Gasteiger partial charge in [-0.3, -0.25) is 33.9 Å². The van der Waals surface area contributed by atoms with Crippen LogP contribution in [0.15, 0.2) is 60.8 Å². The van der Waals surface area contributed by atoms with Gasteiger partial charge in [-0.25, -0.2) is 0 Å². The second-order valence-corrected chi connectivity index (χ2v) is 18.4. The fraction of sp³-hybridized carbons (Fsp3) is 0.592. The van der Waals surface area contributed by atoms with Crippen LogP contribution in [0.2, 0.25) is 0 Å². The highest BCUT2D eigenvalue weighted by Crippen LogP contribution is 2.30. The molecule has 2 aromatic carbocycles. The molecule has 1 aliphatic heterocycles. The number of nitrogens with one attached hydrogen (secondary N) is 3. The Hall–Kier alpha value is -5.12. The minimum Gasteiger partial charge on any atom is -0.399 e. The highest BCUT2D eigenvalue weighted by atomic mass is 16.5. The topological polar surface area (TPSA) is 189 Å². The van der Waals surface area contributed by atoms with Crippen LogP contribution < -0.4 is 21.7 Å². The van der Waals surface area contributed by atoms with Crippen LogP contribution in [0.1, 0.15) is 79.7 Å². The summed E-state index contributed by atoms with van der Waals surface area (Å²) in [6, 6.07) is 13.5. The van der Waals surface area contributed by atoms with Crippen molar-refractivity contribution in [3.63, 3.8) is 0 Å². The molecule has 0 bridgehead atoms. The van der Waals surface area contributed by atoms with Crippen molar-refractivity contribution < 1.29 is 33.4 Å². The van der Waals surface area contributed by atoms with Crippen LogP contribution in [0.3, 0.4) is 0 Å². The third-order valence-electron chi connectivity index (χ3n) is 12.9. The highest BCUT2D eigenvalue weighted by Gasteiger charge is 2.43. The number of ether oxygens (including phenoxy) is 2. The summed E-state index contributed by atoms with van der Waals surface area (Å²) < 4.78 is 12.1. The second kappa shape index (κ2) is 23.7. The van der Waals surface area contributed by atoms with Crippen LogP contribution in [0.4, 0.5) is 11.4 Å². The molecule has 64 heavy (non-hydrogen) atoms. The summed E-state index contributed by atoms with van der Waals surface area (Å²) in [5.74, 6) is -2.44. The van der Waals surface area contributed by atoms with Gasteiger partial charge in [0.2, 0.25) is 29.5 Å². The molecular formula is C49H74N8O7. The van der Waals surface area contributed by atoms with Gasteiger partial charge in [-0.2, -0.15) is 0 Å². The lowest BCUT2D eigenvalue weighted by molar-refractivity contribution is -0.148. The van der Waals surface area contributed by atoms with Gasteiger partial charge in [-0.05, 0) is 74.5 Å². The first kappa shape index (κ1) is 51.5. The average Bonchev–Trinajstić information content (AvgIpc) is 3.74. The summed E-state index contributed by atoms with van der Waals surface area (Å²) in [4.78, 5) is 80.2. The highest BCUT2D eigenvalue weighted by molar-refractivity contribution is 5.99. The zero-order chi connectivity index (χ0) is 47.4.